The zero-order valence-electron chi connectivity index (χ0n) is 25.1. The van der Waals surface area contributed by atoms with Crippen LogP contribution < -0.4 is 9.92 Å². The summed E-state index contributed by atoms with van der Waals surface area (Å²) in [5.74, 6) is -1.10. The molecule has 2 aromatic heterocycles. The summed E-state index contributed by atoms with van der Waals surface area (Å²) in [7, 11) is -2.67. The molecule has 0 bridgehead atoms. The number of hydrogen-bond donors (Lipinski definition) is 1. The summed E-state index contributed by atoms with van der Waals surface area (Å²) >= 11 is 23.6. The minimum Gasteiger partial charge on any atom is -0.378 e. The molecule has 0 fully saturated rings. The highest BCUT2D eigenvalue weighted by molar-refractivity contribution is 7.87. The molecule has 0 saturated heterocycles. The van der Waals surface area contributed by atoms with Crippen LogP contribution in [0.4, 0.5) is 24.7 Å². The van der Waals surface area contributed by atoms with Crippen LogP contribution in [0.5, 0.6) is 5.88 Å². The van der Waals surface area contributed by atoms with Crippen molar-refractivity contribution in [1.82, 2.24) is 19.6 Å². The number of carbonyl (C=O) groups is 1. The van der Waals surface area contributed by atoms with Crippen molar-refractivity contribution in [2.24, 2.45) is 7.05 Å². The number of nitro groups is 1. The fourth-order valence-corrected chi connectivity index (χ4v) is 6.37. The van der Waals surface area contributed by atoms with Gasteiger partial charge in [0.2, 0.25) is 17.5 Å². The third kappa shape index (κ3) is 8.11. The minimum atomic E-state index is -4.63. The molecule has 12 nitrogen and oxygen atoms in total. The number of benzene rings is 3. The summed E-state index contributed by atoms with van der Waals surface area (Å²) < 4.78 is 70.5. The fourth-order valence-electron chi connectivity index (χ4n) is 4.26. The van der Waals surface area contributed by atoms with Crippen molar-refractivity contribution in [3.63, 3.8) is 0 Å². The third-order valence-corrected chi connectivity index (χ3v) is 8.96. The van der Waals surface area contributed by atoms with Gasteiger partial charge in [-0.1, -0.05) is 64.1 Å². The van der Waals surface area contributed by atoms with Gasteiger partial charge in [0.15, 0.2) is 0 Å². The van der Waals surface area contributed by atoms with Crippen LogP contribution in [-0.4, -0.2) is 38.7 Å². The lowest BCUT2D eigenvalue weighted by atomic mass is 10.0. The molecule has 258 valence electrons. The van der Waals surface area contributed by atoms with E-state index in [1.54, 1.807) is 19.1 Å². The van der Waals surface area contributed by atoms with Crippen molar-refractivity contribution in [1.29, 1.82) is 0 Å². The summed E-state index contributed by atoms with van der Waals surface area (Å²) in [6.07, 6.45) is -3.78. The first kappa shape index (κ1) is 37.5. The van der Waals surface area contributed by atoms with E-state index in [1.807, 2.05) is 6.92 Å². The van der Waals surface area contributed by atoms with E-state index in [1.165, 1.54) is 42.1 Å². The Balaban J connectivity index is 0.000000230. The fraction of sp³-hybridized carbons (Fsp3) is 0.138. The lowest BCUT2D eigenvalue weighted by molar-refractivity contribution is -0.383. The van der Waals surface area contributed by atoms with Crippen LogP contribution in [-0.2, 0) is 23.3 Å². The van der Waals surface area contributed by atoms with Crippen LogP contribution >= 0.6 is 46.4 Å². The largest absolute Gasteiger partial charge is 0.416 e. The van der Waals surface area contributed by atoms with E-state index in [4.69, 9.17) is 56.3 Å². The van der Waals surface area contributed by atoms with Crippen molar-refractivity contribution in [3.05, 3.63) is 119 Å². The number of ketones is 1. The number of aromatic nitrogens is 4. The molecule has 0 aliphatic carbocycles. The maximum atomic E-state index is 13.0. The third-order valence-electron chi connectivity index (χ3n) is 6.61. The topological polar surface area (TPSA) is 165 Å². The van der Waals surface area contributed by atoms with E-state index < -0.39 is 44.1 Å². The zero-order chi connectivity index (χ0) is 36.6. The van der Waals surface area contributed by atoms with Gasteiger partial charge in [0.25, 0.3) is 0 Å². The molecule has 0 radical (unpaired) electrons. The first-order valence-corrected chi connectivity index (χ1v) is 16.2. The molecule has 5 aromatic rings. The van der Waals surface area contributed by atoms with Crippen molar-refractivity contribution in [2.75, 3.05) is 5.73 Å². The number of rotatable bonds is 7. The molecule has 20 heteroatoms. The van der Waals surface area contributed by atoms with Crippen molar-refractivity contribution >= 4 is 73.8 Å². The molecule has 49 heavy (non-hydrogen) atoms. The summed E-state index contributed by atoms with van der Waals surface area (Å²) in [6, 6.07) is 11.9. The Morgan fingerprint density at radius 3 is 2.08 bits per heavy atom. The van der Waals surface area contributed by atoms with E-state index in [9.17, 15) is 36.5 Å². The second-order valence-electron chi connectivity index (χ2n) is 10.1. The number of aryl methyl sites for hydroxylation is 3. The van der Waals surface area contributed by atoms with Gasteiger partial charge in [0, 0.05) is 17.6 Å². The molecule has 2 N–H and O–H groups in total. The van der Waals surface area contributed by atoms with Crippen molar-refractivity contribution in [2.45, 2.75) is 24.9 Å². The Bertz CT molecular complexity index is 2180. The van der Waals surface area contributed by atoms with Gasteiger partial charge < -0.3 is 9.92 Å². The van der Waals surface area contributed by atoms with Crippen LogP contribution in [0, 0.1) is 24.0 Å². The molecule has 0 unspecified atom stereocenters. The molecule has 0 saturated carbocycles. The normalized spacial score (nSPS) is 11.6. The first-order chi connectivity index (χ1) is 22.7. The summed E-state index contributed by atoms with van der Waals surface area (Å²) in [6.45, 7) is 3.43. The van der Waals surface area contributed by atoms with E-state index in [-0.39, 0.29) is 42.7 Å². The number of carbonyl (C=O) groups excluding carboxylic acids is 1. The average Bonchev–Trinajstić information content (AvgIpc) is 3.50. The molecule has 2 heterocycles. The maximum Gasteiger partial charge on any atom is 0.416 e. The number of nitrogen functional groups attached to an aromatic ring is 1. The van der Waals surface area contributed by atoms with Gasteiger partial charge in [-0.05, 0) is 56.3 Å². The number of alkyl halides is 3. The number of anilines is 1. The van der Waals surface area contributed by atoms with Crippen LogP contribution in [0.3, 0.4) is 0 Å². The van der Waals surface area contributed by atoms with Gasteiger partial charge in [-0.3, -0.25) is 14.9 Å². The SMILES string of the molecule is Cc1ccc(S(=O)(=O)Oc2c(C(=O)c3ccc(Cl)cc3Cl)c(C)nn2C)cc1.Nc1c([N+](=O)[O-])cnn1-c1c(Cl)cc(C(F)(F)F)cc1Cl. The minimum absolute atomic E-state index is 0.0161. The first-order valence-electron chi connectivity index (χ1n) is 13.3. The Morgan fingerprint density at radius 1 is 0.980 bits per heavy atom. The standard InChI is InChI=1S/C19H16Cl2N2O4S.C10H5Cl2F3N4O2/c1-11-4-7-14(8-5-11)28(25,26)27-19-17(12(2)22-23(19)3)18(24)15-9-6-13(20)10-16(15)21;11-5-1-4(10(13,14)15)2-6(12)8(5)18-9(16)7(3-17-18)19(20)21/h4-10H,1-3H3;1-3H,16H2. The van der Waals surface area contributed by atoms with Crippen molar-refractivity contribution < 1.29 is 35.5 Å². The number of halogens is 7. The van der Waals surface area contributed by atoms with Crippen molar-refractivity contribution in [3.8, 4) is 11.6 Å². The molecule has 0 spiro atoms. The highest BCUT2D eigenvalue weighted by Gasteiger charge is 2.33. The highest BCUT2D eigenvalue weighted by atomic mass is 35.5. The smallest absolute Gasteiger partial charge is 0.378 e. The predicted octanol–water partition coefficient (Wildman–Crippen LogP) is 8.03. The van der Waals surface area contributed by atoms with Gasteiger partial charge in [-0.15, -0.1) is 0 Å². The number of nitrogens with two attached hydrogens (primary N) is 1. The molecular weight excluding hydrogens is 759 g/mol. The Kier molecular flexibility index (Phi) is 10.9. The second-order valence-corrected chi connectivity index (χ2v) is 13.3. The Labute approximate surface area is 296 Å². The highest BCUT2D eigenvalue weighted by Crippen LogP contribution is 2.39. The van der Waals surface area contributed by atoms with Crippen LogP contribution in [0.25, 0.3) is 5.69 Å². The van der Waals surface area contributed by atoms with E-state index in [0.29, 0.717) is 22.8 Å². The molecule has 5 rings (SSSR count). The summed E-state index contributed by atoms with van der Waals surface area (Å²) in [5.41, 5.74) is 5.18. The van der Waals surface area contributed by atoms with Crippen LogP contribution in [0.1, 0.15) is 32.7 Å². The molecule has 0 aliphatic heterocycles. The predicted molar refractivity (Wildman–Crippen MR) is 176 cm³/mol. The molecule has 3 aromatic carbocycles. The second kappa shape index (κ2) is 14.2. The molecular formula is C29H21Cl4F3N6O6S. The van der Waals surface area contributed by atoms with Gasteiger partial charge >= 0.3 is 22.0 Å². The maximum absolute atomic E-state index is 13.0. The Morgan fingerprint density at radius 2 is 1.57 bits per heavy atom. The quantitative estimate of drug-likeness (QED) is 0.0745. The molecule has 0 atom stereocenters. The summed E-state index contributed by atoms with van der Waals surface area (Å²) in [4.78, 5) is 22.9. The van der Waals surface area contributed by atoms with E-state index in [2.05, 4.69) is 10.2 Å². The zero-order valence-corrected chi connectivity index (χ0v) is 28.9. The lowest BCUT2D eigenvalue weighted by Crippen LogP contribution is -2.15. The van der Waals surface area contributed by atoms with E-state index >= 15 is 0 Å². The Hall–Kier alpha value is -4.35. The monoisotopic (exact) mass is 778 g/mol. The number of nitrogens with zero attached hydrogens (tertiary/aromatic N) is 5. The average molecular weight is 780 g/mol. The van der Waals surface area contributed by atoms with Gasteiger partial charge in [-0.2, -0.15) is 31.8 Å². The van der Waals surface area contributed by atoms with Gasteiger partial charge in [0.05, 0.1) is 31.2 Å². The summed E-state index contributed by atoms with van der Waals surface area (Å²) in [5, 5.41) is 18.2. The van der Waals surface area contributed by atoms with Crippen LogP contribution in [0.2, 0.25) is 20.1 Å². The number of hydrogen-bond acceptors (Lipinski definition) is 9. The lowest BCUT2D eigenvalue weighted by Gasteiger charge is -2.12. The molecule has 0 aliphatic rings. The van der Waals surface area contributed by atoms with E-state index in [0.717, 1.165) is 16.4 Å². The van der Waals surface area contributed by atoms with Crippen LogP contribution in [0.15, 0.2) is 65.7 Å². The molecule has 0 amide bonds. The van der Waals surface area contributed by atoms with Gasteiger partial charge in [-0.25, -0.2) is 9.36 Å². The van der Waals surface area contributed by atoms with Gasteiger partial charge in [0.1, 0.15) is 22.3 Å².